The van der Waals surface area contributed by atoms with E-state index in [1.54, 1.807) is 54.1 Å². The van der Waals surface area contributed by atoms with Crippen LogP contribution in [0, 0.1) is 11.8 Å². The van der Waals surface area contributed by atoms with Crippen molar-refractivity contribution in [1.82, 2.24) is 25.3 Å². The van der Waals surface area contributed by atoms with Gasteiger partial charge in [0.2, 0.25) is 23.6 Å². The average molecular weight is 838 g/mol. The number of thiol groups is 1. The summed E-state index contributed by atoms with van der Waals surface area (Å²) >= 11 is 7.75. The third kappa shape index (κ3) is 12.9. The molecule has 56 heavy (non-hydrogen) atoms. The molecule has 2 aliphatic carbocycles. The molecule has 314 valence electrons. The Bertz CT molecular complexity index is 1470. The van der Waals surface area contributed by atoms with Crippen molar-refractivity contribution in [3.05, 3.63) is 34.9 Å². The Labute approximate surface area is 347 Å². The summed E-state index contributed by atoms with van der Waals surface area (Å²) in [6.45, 7) is 16.0. The molecule has 4 rings (SSSR count). The molecule has 2 N–H and O–H groups in total. The fourth-order valence-corrected chi connectivity index (χ4v) is 9.38. The van der Waals surface area contributed by atoms with E-state index in [2.05, 4.69) is 43.7 Å². The van der Waals surface area contributed by atoms with Gasteiger partial charge in [-0.15, -0.1) is 36.2 Å². The molecule has 2 heterocycles. The van der Waals surface area contributed by atoms with E-state index in [0.717, 1.165) is 42.2 Å². The molecule has 3 unspecified atom stereocenters. The van der Waals surface area contributed by atoms with Crippen LogP contribution >= 0.6 is 36.2 Å². The van der Waals surface area contributed by atoms with E-state index < -0.39 is 35.7 Å². The van der Waals surface area contributed by atoms with Crippen LogP contribution in [0.2, 0.25) is 0 Å². The van der Waals surface area contributed by atoms with Crippen LogP contribution in [0.1, 0.15) is 86.0 Å². The van der Waals surface area contributed by atoms with Crippen molar-refractivity contribution in [2.24, 2.45) is 11.8 Å². The highest BCUT2D eigenvalue weighted by Gasteiger charge is 2.42. The normalized spacial score (nSPS) is 24.0. The molecule has 2 fully saturated rings. The minimum atomic E-state index is -0.768. The van der Waals surface area contributed by atoms with Gasteiger partial charge in [-0.3, -0.25) is 19.2 Å². The molecule has 4 aliphatic rings. The third-order valence-corrected chi connectivity index (χ3v) is 12.7. The first-order valence-electron chi connectivity index (χ1n) is 20.2. The maximum Gasteiger partial charge on any atom is 0.410 e. The van der Waals surface area contributed by atoms with Crippen LogP contribution in [0.4, 0.5) is 4.79 Å². The summed E-state index contributed by atoms with van der Waals surface area (Å²) < 4.78 is 18.0. The molecule has 0 aromatic carbocycles. The molecule has 16 heteroatoms. The molecule has 0 spiro atoms. The largest absolute Gasteiger partial charge is 0.444 e. The van der Waals surface area contributed by atoms with Crippen molar-refractivity contribution in [3.8, 4) is 0 Å². The number of ether oxygens (including phenoxy) is 3. The molecular weight excluding hydrogens is 775 g/mol. The summed E-state index contributed by atoms with van der Waals surface area (Å²) in [6, 6.07) is 0. The first kappa shape index (κ1) is 46.0. The lowest BCUT2D eigenvalue weighted by Crippen LogP contribution is -2.48. The second kappa shape index (κ2) is 22.5. The van der Waals surface area contributed by atoms with Crippen molar-refractivity contribution in [2.45, 2.75) is 109 Å². The van der Waals surface area contributed by atoms with Crippen molar-refractivity contribution < 1.29 is 38.2 Å². The lowest BCUT2D eigenvalue weighted by atomic mass is 9.84. The van der Waals surface area contributed by atoms with Gasteiger partial charge >= 0.3 is 6.09 Å². The third-order valence-electron chi connectivity index (χ3n) is 10.1. The zero-order valence-electron chi connectivity index (χ0n) is 33.8. The monoisotopic (exact) mass is 837 g/mol. The molecule has 13 nitrogen and oxygen atoms in total. The second-order valence-electron chi connectivity index (χ2n) is 15.4. The Balaban J connectivity index is 1.39. The van der Waals surface area contributed by atoms with Gasteiger partial charge in [-0.1, -0.05) is 45.4 Å². The van der Waals surface area contributed by atoms with Gasteiger partial charge in [-0.05, 0) is 59.3 Å². The maximum absolute atomic E-state index is 13.7. The fraction of sp³-hybridized carbons (Fsp3) is 0.725. The van der Waals surface area contributed by atoms with Gasteiger partial charge < -0.3 is 39.5 Å². The minimum Gasteiger partial charge on any atom is -0.444 e. The standard InChI is InChI=1S/C40H63N5O8S3/c1-7-9-23-51-32-28(13-11-15-30(32)36(48)44-21-25-55-27(44)3)34(46)41-17-19-43(38(50)53-40(4,5)6)20-18-42-35(47)29-14-12-16-31(33(29)52-24-10-8-2)37(49)45-22-26-56-39(45)54/h13-14,30-33,39,54H,3,7-12,15-26H2,1-2,4-6H3,(H,41,46)(H,42,47)/t30?,31-,32-,33?,39?/m1/s1. The zero-order valence-corrected chi connectivity index (χ0v) is 36.4. The highest BCUT2D eigenvalue weighted by atomic mass is 32.2. The number of allylic oxidation sites excluding steroid dienone is 2. The summed E-state index contributed by atoms with van der Waals surface area (Å²) in [6.07, 6.45) is 7.47. The molecule has 2 saturated heterocycles. The van der Waals surface area contributed by atoms with Gasteiger partial charge in [0.25, 0.3) is 0 Å². The second-order valence-corrected chi connectivity index (χ2v) is 18.6. The van der Waals surface area contributed by atoms with Gasteiger partial charge in [0.05, 0.1) is 29.1 Å². The van der Waals surface area contributed by atoms with Crippen LogP contribution in [-0.4, -0.2) is 131 Å². The van der Waals surface area contributed by atoms with Crippen LogP contribution in [0.25, 0.3) is 0 Å². The van der Waals surface area contributed by atoms with Gasteiger partial charge in [0.15, 0.2) is 0 Å². The molecule has 0 aromatic rings. The molecule has 5 atom stereocenters. The van der Waals surface area contributed by atoms with E-state index in [0.29, 0.717) is 63.1 Å². The number of hydrogen-bond acceptors (Lipinski definition) is 11. The smallest absolute Gasteiger partial charge is 0.410 e. The summed E-state index contributed by atoms with van der Waals surface area (Å²) in [5.74, 6) is -0.197. The average Bonchev–Trinajstić information content (AvgIpc) is 3.80. The number of nitrogens with zero attached hydrogens (tertiary/aromatic N) is 3. The van der Waals surface area contributed by atoms with E-state index in [1.165, 1.54) is 4.90 Å². The molecule has 2 aliphatic heterocycles. The van der Waals surface area contributed by atoms with Crippen molar-refractivity contribution in [1.29, 1.82) is 0 Å². The van der Waals surface area contributed by atoms with E-state index in [1.807, 2.05) is 12.2 Å². The number of amides is 5. The first-order valence-corrected chi connectivity index (χ1v) is 22.7. The summed E-state index contributed by atoms with van der Waals surface area (Å²) in [4.78, 5) is 73.0. The van der Waals surface area contributed by atoms with Crippen molar-refractivity contribution in [2.75, 3.05) is 64.0 Å². The van der Waals surface area contributed by atoms with E-state index in [9.17, 15) is 24.0 Å². The predicted molar refractivity (Wildman–Crippen MR) is 225 cm³/mol. The molecule has 0 bridgehead atoms. The Morgan fingerprint density at radius 3 is 1.84 bits per heavy atom. The van der Waals surface area contributed by atoms with Gasteiger partial charge in [-0.2, -0.15) is 0 Å². The minimum absolute atomic E-state index is 0.0467. The first-order chi connectivity index (χ1) is 26.8. The molecule has 5 amide bonds. The maximum atomic E-state index is 13.7. The predicted octanol–water partition coefficient (Wildman–Crippen LogP) is 5.33. The summed E-state index contributed by atoms with van der Waals surface area (Å²) in [5, 5.41) is 6.61. The lowest BCUT2D eigenvalue weighted by molar-refractivity contribution is -0.140. The van der Waals surface area contributed by atoms with E-state index in [4.69, 9.17) is 14.2 Å². The van der Waals surface area contributed by atoms with Crippen molar-refractivity contribution >= 4 is 65.9 Å². The van der Waals surface area contributed by atoms with Crippen LogP contribution in [0.3, 0.4) is 0 Å². The SMILES string of the molecule is C=C1SCCN1C(=O)C1CCC=C(C(=O)NCCN(CCNC(=O)C2=CCC[C@@H](C(=O)N3CCSC3S)C2OCCCC)C(=O)OC(C)(C)C)[C@H]1OCCCC. The molecule has 0 aromatic heterocycles. The van der Waals surface area contributed by atoms with Crippen LogP contribution < -0.4 is 10.6 Å². The highest BCUT2D eigenvalue weighted by molar-refractivity contribution is 8.10. The Morgan fingerprint density at radius 1 is 0.857 bits per heavy atom. The summed E-state index contributed by atoms with van der Waals surface area (Å²) in [7, 11) is 0. The number of rotatable bonds is 18. The number of carbonyl (C=O) groups excluding carboxylic acids is 5. The van der Waals surface area contributed by atoms with Gasteiger partial charge in [0, 0.05) is 75.1 Å². The summed E-state index contributed by atoms with van der Waals surface area (Å²) in [5.41, 5.74) is 0.0712. The van der Waals surface area contributed by atoms with Crippen LogP contribution in [0.15, 0.2) is 34.9 Å². The van der Waals surface area contributed by atoms with Gasteiger partial charge in [0.1, 0.15) is 10.3 Å². The molecule has 0 radical (unpaired) electrons. The van der Waals surface area contributed by atoms with E-state index in [-0.39, 0.29) is 54.5 Å². The number of thioether (sulfide) groups is 2. The number of hydrogen-bond donors (Lipinski definition) is 3. The lowest BCUT2D eigenvalue weighted by Gasteiger charge is -2.34. The molecule has 0 saturated carbocycles. The van der Waals surface area contributed by atoms with E-state index >= 15 is 0 Å². The Hall–Kier alpha value is -2.66. The number of unbranched alkanes of at least 4 members (excludes halogenated alkanes) is 2. The topological polar surface area (TPSA) is 147 Å². The van der Waals surface area contributed by atoms with Gasteiger partial charge in [-0.25, -0.2) is 4.79 Å². The highest BCUT2D eigenvalue weighted by Crippen LogP contribution is 2.36. The van der Waals surface area contributed by atoms with Crippen LogP contribution in [0.5, 0.6) is 0 Å². The van der Waals surface area contributed by atoms with Crippen molar-refractivity contribution in [3.63, 3.8) is 0 Å². The number of carbonyl (C=O) groups is 5. The quantitative estimate of drug-likeness (QED) is 0.122. The Kier molecular flexibility index (Phi) is 18.5. The zero-order chi connectivity index (χ0) is 40.8. The fourth-order valence-electron chi connectivity index (χ4n) is 7.09. The van der Waals surface area contributed by atoms with Crippen LogP contribution in [-0.2, 0) is 33.4 Å². The molecular formula is C40H63N5O8S3. The number of nitrogens with one attached hydrogen (secondary N) is 2. The Morgan fingerprint density at radius 2 is 1.39 bits per heavy atom.